The second kappa shape index (κ2) is 7.97. The number of anilines is 1. The average molecular weight is 375 g/mol. The van der Waals surface area contributed by atoms with Crippen LogP contribution in [0, 0.1) is 18.3 Å². The lowest BCUT2D eigenvalue weighted by Crippen LogP contribution is -2.38. The number of hydrogen-bond acceptors (Lipinski definition) is 5. The SMILES string of the molecule is Cc1nc2c(c(N3CCCCCC3)n1)CN(C(=O)c1cccc(C#N)c1)CC2. The van der Waals surface area contributed by atoms with Crippen molar-refractivity contribution in [3.05, 3.63) is 52.5 Å². The fraction of sp³-hybridized carbons (Fsp3) is 0.455. The van der Waals surface area contributed by atoms with E-state index in [-0.39, 0.29) is 5.91 Å². The Morgan fingerprint density at radius 2 is 1.89 bits per heavy atom. The van der Waals surface area contributed by atoms with E-state index in [1.54, 1.807) is 24.3 Å². The monoisotopic (exact) mass is 375 g/mol. The number of fused-ring (bicyclic) bond motifs is 1. The lowest BCUT2D eigenvalue weighted by atomic mass is 10.0. The Bertz CT molecular complexity index is 925. The van der Waals surface area contributed by atoms with Gasteiger partial charge in [0.15, 0.2) is 0 Å². The predicted molar refractivity (Wildman–Crippen MR) is 107 cm³/mol. The number of rotatable bonds is 2. The summed E-state index contributed by atoms with van der Waals surface area (Å²) in [5.74, 6) is 1.78. The molecule has 144 valence electrons. The van der Waals surface area contributed by atoms with Crippen molar-refractivity contribution in [2.45, 2.75) is 45.6 Å². The lowest BCUT2D eigenvalue weighted by molar-refractivity contribution is 0.0733. The molecule has 1 aromatic heterocycles. The van der Waals surface area contributed by atoms with Crippen LogP contribution < -0.4 is 4.90 Å². The summed E-state index contributed by atoms with van der Waals surface area (Å²) >= 11 is 0. The van der Waals surface area contributed by atoms with Gasteiger partial charge in [0.25, 0.3) is 5.91 Å². The molecule has 6 heteroatoms. The van der Waals surface area contributed by atoms with E-state index >= 15 is 0 Å². The first-order valence-corrected chi connectivity index (χ1v) is 10.1. The maximum Gasteiger partial charge on any atom is 0.254 e. The summed E-state index contributed by atoms with van der Waals surface area (Å²) < 4.78 is 0. The summed E-state index contributed by atoms with van der Waals surface area (Å²) in [6.07, 6.45) is 5.64. The molecule has 28 heavy (non-hydrogen) atoms. The number of carbonyl (C=O) groups excluding carboxylic acids is 1. The zero-order valence-electron chi connectivity index (χ0n) is 16.3. The number of hydrogen-bond donors (Lipinski definition) is 0. The first-order chi connectivity index (χ1) is 13.7. The van der Waals surface area contributed by atoms with Crippen molar-refractivity contribution in [2.24, 2.45) is 0 Å². The van der Waals surface area contributed by atoms with Gasteiger partial charge in [-0.2, -0.15) is 5.26 Å². The van der Waals surface area contributed by atoms with Crippen molar-refractivity contribution in [3.8, 4) is 6.07 Å². The molecule has 3 heterocycles. The number of amides is 1. The van der Waals surface area contributed by atoms with Gasteiger partial charge in [-0.25, -0.2) is 9.97 Å². The van der Waals surface area contributed by atoms with E-state index in [0.717, 1.165) is 42.4 Å². The molecule has 1 aromatic carbocycles. The van der Waals surface area contributed by atoms with Crippen LogP contribution >= 0.6 is 0 Å². The third-order valence-electron chi connectivity index (χ3n) is 5.58. The van der Waals surface area contributed by atoms with Gasteiger partial charge in [0.1, 0.15) is 11.6 Å². The highest BCUT2D eigenvalue weighted by atomic mass is 16.2. The lowest BCUT2D eigenvalue weighted by Gasteiger charge is -2.32. The Hall–Kier alpha value is -2.94. The summed E-state index contributed by atoms with van der Waals surface area (Å²) in [5, 5.41) is 9.12. The Labute approximate surface area is 165 Å². The summed E-state index contributed by atoms with van der Waals surface area (Å²) in [5.41, 5.74) is 3.23. The van der Waals surface area contributed by atoms with Gasteiger partial charge in [0.2, 0.25) is 0 Å². The summed E-state index contributed by atoms with van der Waals surface area (Å²) in [6.45, 7) is 5.14. The van der Waals surface area contributed by atoms with Crippen LogP contribution in [-0.4, -0.2) is 40.4 Å². The molecule has 2 aromatic rings. The van der Waals surface area contributed by atoms with Crippen molar-refractivity contribution in [1.82, 2.24) is 14.9 Å². The van der Waals surface area contributed by atoms with Gasteiger partial charge in [-0.3, -0.25) is 4.79 Å². The van der Waals surface area contributed by atoms with Crippen molar-refractivity contribution in [3.63, 3.8) is 0 Å². The van der Waals surface area contributed by atoms with Crippen LogP contribution in [-0.2, 0) is 13.0 Å². The molecule has 1 fully saturated rings. The maximum atomic E-state index is 13.0. The third kappa shape index (κ3) is 3.70. The molecule has 0 radical (unpaired) electrons. The molecule has 0 spiro atoms. The quantitative estimate of drug-likeness (QED) is 0.806. The number of nitriles is 1. The van der Waals surface area contributed by atoms with E-state index in [1.165, 1.54) is 25.7 Å². The first-order valence-electron chi connectivity index (χ1n) is 10.1. The molecular weight excluding hydrogens is 350 g/mol. The second-order valence-electron chi connectivity index (χ2n) is 7.59. The smallest absolute Gasteiger partial charge is 0.254 e. The summed E-state index contributed by atoms with van der Waals surface area (Å²) in [6, 6.07) is 9.03. The van der Waals surface area contributed by atoms with Crippen LogP contribution in [0.1, 0.15) is 58.7 Å². The Balaban J connectivity index is 1.63. The van der Waals surface area contributed by atoms with E-state index in [4.69, 9.17) is 10.2 Å². The molecule has 0 atom stereocenters. The van der Waals surface area contributed by atoms with Crippen LogP contribution in [0.25, 0.3) is 0 Å². The van der Waals surface area contributed by atoms with Crippen LogP contribution in [0.2, 0.25) is 0 Å². The minimum Gasteiger partial charge on any atom is -0.356 e. The van der Waals surface area contributed by atoms with Gasteiger partial charge in [-0.1, -0.05) is 18.9 Å². The van der Waals surface area contributed by atoms with E-state index < -0.39 is 0 Å². The largest absolute Gasteiger partial charge is 0.356 e. The van der Waals surface area contributed by atoms with Crippen LogP contribution in [0.3, 0.4) is 0 Å². The molecule has 0 saturated carbocycles. The molecule has 0 N–H and O–H groups in total. The minimum absolute atomic E-state index is 0.0369. The van der Waals surface area contributed by atoms with Crippen molar-refractivity contribution in [1.29, 1.82) is 5.26 Å². The van der Waals surface area contributed by atoms with Gasteiger partial charge in [-0.05, 0) is 38.0 Å². The molecule has 0 aliphatic carbocycles. The number of carbonyl (C=O) groups is 1. The third-order valence-corrected chi connectivity index (χ3v) is 5.58. The molecule has 0 unspecified atom stereocenters. The highest BCUT2D eigenvalue weighted by molar-refractivity contribution is 5.94. The number of nitrogens with zero attached hydrogens (tertiary/aromatic N) is 5. The summed E-state index contributed by atoms with van der Waals surface area (Å²) in [7, 11) is 0. The Morgan fingerprint density at radius 3 is 2.64 bits per heavy atom. The molecule has 1 amide bonds. The fourth-order valence-corrected chi connectivity index (χ4v) is 4.14. The molecule has 4 rings (SSSR count). The van der Waals surface area contributed by atoms with E-state index in [0.29, 0.717) is 24.2 Å². The highest BCUT2D eigenvalue weighted by Crippen LogP contribution is 2.29. The highest BCUT2D eigenvalue weighted by Gasteiger charge is 2.28. The topological polar surface area (TPSA) is 73.1 Å². The average Bonchev–Trinajstić information content (AvgIpc) is 3.02. The van der Waals surface area contributed by atoms with Crippen LogP contribution in [0.4, 0.5) is 5.82 Å². The van der Waals surface area contributed by atoms with Crippen molar-refractivity contribution < 1.29 is 4.79 Å². The van der Waals surface area contributed by atoms with Crippen LogP contribution in [0.5, 0.6) is 0 Å². The normalized spacial score (nSPS) is 16.9. The maximum absolute atomic E-state index is 13.0. The standard InChI is InChI=1S/C22H25N5O/c1-16-24-20-9-12-27(22(28)18-8-6-7-17(13-18)14-23)15-19(20)21(25-16)26-10-4-2-3-5-11-26/h6-8,13H,2-5,9-12,15H2,1H3. The van der Waals surface area contributed by atoms with Gasteiger partial charge in [-0.15, -0.1) is 0 Å². The fourth-order valence-electron chi connectivity index (χ4n) is 4.14. The van der Waals surface area contributed by atoms with Gasteiger partial charge in [0.05, 0.1) is 23.9 Å². The Morgan fingerprint density at radius 1 is 1.11 bits per heavy atom. The molecule has 6 nitrogen and oxygen atoms in total. The number of benzene rings is 1. The predicted octanol–water partition coefficient (Wildman–Crippen LogP) is 3.24. The zero-order valence-corrected chi connectivity index (χ0v) is 16.3. The van der Waals surface area contributed by atoms with E-state index in [9.17, 15) is 4.79 Å². The van der Waals surface area contributed by atoms with E-state index in [2.05, 4.69) is 16.0 Å². The zero-order chi connectivity index (χ0) is 19.5. The summed E-state index contributed by atoms with van der Waals surface area (Å²) in [4.78, 5) is 26.7. The molecule has 2 aliphatic heterocycles. The molecule has 2 aliphatic rings. The van der Waals surface area contributed by atoms with Crippen molar-refractivity contribution in [2.75, 3.05) is 24.5 Å². The van der Waals surface area contributed by atoms with Gasteiger partial charge >= 0.3 is 0 Å². The number of aromatic nitrogens is 2. The van der Waals surface area contributed by atoms with Gasteiger partial charge < -0.3 is 9.80 Å². The minimum atomic E-state index is -0.0369. The molecular formula is C22H25N5O. The Kier molecular flexibility index (Phi) is 5.25. The molecule has 0 bridgehead atoms. The number of aryl methyl sites for hydroxylation is 1. The van der Waals surface area contributed by atoms with Crippen LogP contribution in [0.15, 0.2) is 24.3 Å². The first kappa shape index (κ1) is 18.4. The van der Waals surface area contributed by atoms with Gasteiger partial charge in [0, 0.05) is 37.2 Å². The van der Waals surface area contributed by atoms with E-state index in [1.807, 2.05) is 11.8 Å². The molecule has 1 saturated heterocycles. The van der Waals surface area contributed by atoms with Crippen molar-refractivity contribution >= 4 is 11.7 Å². The second-order valence-corrected chi connectivity index (χ2v) is 7.59.